The van der Waals surface area contributed by atoms with Crippen LogP contribution in [0.5, 0.6) is 0 Å². The lowest BCUT2D eigenvalue weighted by molar-refractivity contribution is 0.702. The molecule has 41 heavy (non-hydrogen) atoms. The van der Waals surface area contributed by atoms with Crippen molar-refractivity contribution < 1.29 is 0 Å². The fourth-order valence-corrected chi connectivity index (χ4v) is 3.23. The van der Waals surface area contributed by atoms with Crippen LogP contribution in [-0.2, 0) is 0 Å². The van der Waals surface area contributed by atoms with Gasteiger partial charge in [0.2, 0.25) is 0 Å². The van der Waals surface area contributed by atoms with Crippen LogP contribution in [0.3, 0.4) is 0 Å². The van der Waals surface area contributed by atoms with Crippen molar-refractivity contribution in [1.29, 1.82) is 0 Å². The Bertz CT molecular complexity index is 786. The van der Waals surface area contributed by atoms with E-state index in [1.54, 1.807) is 0 Å². The smallest absolute Gasteiger partial charge is 0.0256 e. The molecule has 0 aromatic heterocycles. The van der Waals surface area contributed by atoms with E-state index in [1.165, 1.54) is 73.6 Å². The molecule has 0 heterocycles. The maximum atomic E-state index is 2.23. The van der Waals surface area contributed by atoms with E-state index in [1.807, 2.05) is 39.8 Å². The normalized spacial score (nSPS) is 8.98. The molecule has 0 saturated carbocycles. The molecule has 0 unspecified atom stereocenters. The number of benzene rings is 3. The number of unbranched alkanes of at least 4 members (excludes halogenated alkanes) is 6. The molecule has 0 heteroatoms. The molecule has 0 aliphatic rings. The van der Waals surface area contributed by atoms with Gasteiger partial charge in [-0.25, -0.2) is 0 Å². The van der Waals surface area contributed by atoms with E-state index in [2.05, 4.69) is 125 Å². The molecule has 3 aromatic rings. The van der Waals surface area contributed by atoms with Gasteiger partial charge in [0.05, 0.1) is 0 Å². The zero-order valence-corrected chi connectivity index (χ0v) is 26.0. The van der Waals surface area contributed by atoms with E-state index in [4.69, 9.17) is 0 Å². The zero-order valence-electron chi connectivity index (χ0n) is 26.0. The highest BCUT2D eigenvalue weighted by Gasteiger charge is 1.90. The van der Waals surface area contributed by atoms with Gasteiger partial charge >= 0.3 is 0 Å². The molecule has 0 aliphatic carbocycles. The Morgan fingerprint density at radius 1 is 0.341 bits per heavy atom. The third-order valence-corrected chi connectivity index (χ3v) is 5.39. The van der Waals surface area contributed by atoms with E-state index < -0.39 is 0 Å². The summed E-state index contributed by atoms with van der Waals surface area (Å²) in [5, 5.41) is 0. The molecule has 0 nitrogen and oxygen atoms in total. The lowest BCUT2D eigenvalue weighted by Gasteiger charge is -1.97. The largest absolute Gasteiger partial charge is 0.0776 e. The van der Waals surface area contributed by atoms with Crippen LogP contribution in [0.15, 0.2) is 84.9 Å². The maximum Gasteiger partial charge on any atom is -0.0256 e. The number of hydrogen-bond acceptors (Lipinski definition) is 0. The lowest BCUT2D eigenvalue weighted by atomic mass is 10.1. The topological polar surface area (TPSA) is 0 Å². The molecule has 3 rings (SSSR count). The van der Waals surface area contributed by atoms with Crippen LogP contribution in [-0.4, -0.2) is 0 Å². The highest BCUT2D eigenvalue weighted by atomic mass is 14.0. The van der Waals surface area contributed by atoms with E-state index in [0.717, 1.165) is 0 Å². The van der Waals surface area contributed by atoms with Gasteiger partial charge in [-0.1, -0.05) is 238 Å². The molecular weight excluding hydrogens is 492 g/mol. The summed E-state index contributed by atoms with van der Waals surface area (Å²) < 4.78 is 0. The van der Waals surface area contributed by atoms with E-state index in [0.29, 0.717) is 0 Å². The summed E-state index contributed by atoms with van der Waals surface area (Å²) in [6.07, 6.45) is 19.6. The van der Waals surface area contributed by atoms with Gasteiger partial charge in [-0.05, 0) is 22.3 Å². The quantitative estimate of drug-likeness (QED) is 0.170. The highest BCUT2D eigenvalue weighted by Crippen LogP contribution is 2.12. The lowest BCUT2D eigenvalue weighted by Crippen LogP contribution is -1.75. The van der Waals surface area contributed by atoms with Crippen molar-refractivity contribution in [2.24, 2.45) is 0 Å². The van der Waals surface area contributed by atoms with Gasteiger partial charge in [-0.3, -0.25) is 0 Å². The maximum absolute atomic E-state index is 2.23. The Kier molecular flexibility index (Phi) is 45.9. The first-order chi connectivity index (χ1) is 18.7. The van der Waals surface area contributed by atoms with Gasteiger partial charge in [0, 0.05) is 0 Å². The average molecular weight is 563 g/mol. The number of rotatable bonds is 10. The van der Waals surface area contributed by atoms with Crippen molar-refractivity contribution in [2.45, 2.75) is 129 Å². The predicted molar refractivity (Wildman–Crippen MR) is 200 cm³/mol. The minimum Gasteiger partial charge on any atom is -0.0776 e. The average Bonchev–Trinajstić information content (AvgIpc) is 3.01. The minimum absolute atomic E-state index is 0. The second-order valence-corrected chi connectivity index (χ2v) is 8.57. The SMILES string of the molecule is C.C.C.C(=Cc1ccc(C=Cc2ccccc2)cc1)c1ccccc1.CC.CC.CCCCCC.CCCCCC. The van der Waals surface area contributed by atoms with Crippen LogP contribution >= 0.6 is 0 Å². The third-order valence-electron chi connectivity index (χ3n) is 5.39. The van der Waals surface area contributed by atoms with Crippen LogP contribution in [0.1, 0.15) is 151 Å². The summed E-state index contributed by atoms with van der Waals surface area (Å²) in [5.41, 5.74) is 4.85. The Balaban J connectivity index is -0.000000192. The van der Waals surface area contributed by atoms with Crippen molar-refractivity contribution in [3.05, 3.63) is 107 Å². The van der Waals surface area contributed by atoms with Gasteiger partial charge in [0.1, 0.15) is 0 Å². The van der Waals surface area contributed by atoms with Gasteiger partial charge in [-0.2, -0.15) is 0 Å². The molecule has 0 N–H and O–H groups in total. The minimum atomic E-state index is 0. The first kappa shape index (κ1) is 47.9. The molecule has 0 spiro atoms. The summed E-state index contributed by atoms with van der Waals surface area (Å²) in [6.45, 7) is 16.9. The zero-order chi connectivity index (χ0) is 28.7. The van der Waals surface area contributed by atoms with Gasteiger partial charge < -0.3 is 0 Å². The van der Waals surface area contributed by atoms with Gasteiger partial charge in [0.25, 0.3) is 0 Å². The molecule has 0 atom stereocenters. The van der Waals surface area contributed by atoms with Crippen LogP contribution in [0, 0.1) is 0 Å². The summed E-state index contributed by atoms with van der Waals surface area (Å²) in [7, 11) is 0. The second kappa shape index (κ2) is 39.3. The Morgan fingerprint density at radius 3 is 0.732 bits per heavy atom. The van der Waals surface area contributed by atoms with E-state index >= 15 is 0 Å². The summed E-state index contributed by atoms with van der Waals surface area (Å²) >= 11 is 0. The monoisotopic (exact) mass is 563 g/mol. The van der Waals surface area contributed by atoms with Crippen LogP contribution in [0.2, 0.25) is 0 Å². The number of hydrogen-bond donors (Lipinski definition) is 0. The first-order valence-corrected chi connectivity index (χ1v) is 15.3. The van der Waals surface area contributed by atoms with Crippen molar-refractivity contribution in [3.63, 3.8) is 0 Å². The molecule has 0 fully saturated rings. The van der Waals surface area contributed by atoms with Gasteiger partial charge in [-0.15, -0.1) is 0 Å². The fourth-order valence-electron chi connectivity index (χ4n) is 3.23. The van der Waals surface area contributed by atoms with Crippen molar-refractivity contribution >= 4 is 24.3 Å². The van der Waals surface area contributed by atoms with Crippen LogP contribution in [0.25, 0.3) is 24.3 Å². The molecule has 0 bridgehead atoms. The standard InChI is InChI=1S/C22H18.2C6H14.2C2H6.3CH4/c1-3-7-19(8-4-1)11-13-21-15-17-22(18-16-21)14-12-20-9-5-2-6-10-20;2*1-3-5-6-4-2;2*1-2;;;/h1-18H;2*3-6H2,1-2H3;2*1-2H3;3*1H4. The van der Waals surface area contributed by atoms with Crippen molar-refractivity contribution in [1.82, 2.24) is 0 Å². The third kappa shape index (κ3) is 29.9. The summed E-state index contributed by atoms with van der Waals surface area (Å²) in [6, 6.07) is 29.3. The molecule has 0 amide bonds. The molecular formula is C41H70. The molecule has 0 saturated heterocycles. The Hall–Kier alpha value is -2.86. The molecule has 3 aromatic carbocycles. The Morgan fingerprint density at radius 2 is 0.537 bits per heavy atom. The Labute approximate surface area is 260 Å². The second-order valence-electron chi connectivity index (χ2n) is 8.57. The van der Waals surface area contributed by atoms with Crippen LogP contribution in [0.4, 0.5) is 0 Å². The van der Waals surface area contributed by atoms with E-state index in [-0.39, 0.29) is 22.3 Å². The first-order valence-electron chi connectivity index (χ1n) is 15.3. The molecule has 234 valence electrons. The summed E-state index contributed by atoms with van der Waals surface area (Å²) in [4.78, 5) is 0. The molecule has 0 aliphatic heterocycles. The highest BCUT2D eigenvalue weighted by molar-refractivity contribution is 5.72. The molecule has 0 radical (unpaired) electrons. The van der Waals surface area contributed by atoms with Gasteiger partial charge in [0.15, 0.2) is 0 Å². The van der Waals surface area contributed by atoms with E-state index in [9.17, 15) is 0 Å². The van der Waals surface area contributed by atoms with Crippen LogP contribution < -0.4 is 0 Å². The van der Waals surface area contributed by atoms with Crippen molar-refractivity contribution in [2.75, 3.05) is 0 Å². The predicted octanol–water partition coefficient (Wildman–Crippen LogP) is 15.2. The summed E-state index contributed by atoms with van der Waals surface area (Å²) in [5.74, 6) is 0. The van der Waals surface area contributed by atoms with Crippen molar-refractivity contribution in [3.8, 4) is 0 Å². The fraction of sp³-hybridized carbons (Fsp3) is 0.463.